The second kappa shape index (κ2) is 10.5. The molecule has 0 radical (unpaired) electrons. The lowest BCUT2D eigenvalue weighted by Crippen LogP contribution is -2.27. The molecule has 0 fully saturated rings. The first-order valence-electron chi connectivity index (χ1n) is 10.3. The summed E-state index contributed by atoms with van der Waals surface area (Å²) < 4.78 is 66.1. The molecule has 0 unspecified atom stereocenters. The molecule has 0 aromatic heterocycles. The Balaban J connectivity index is 1.84. The third-order valence-corrected chi connectivity index (χ3v) is 9.44. The fourth-order valence-corrected chi connectivity index (χ4v) is 6.56. The molecular formula is C24H26BrNO6S2. The van der Waals surface area contributed by atoms with E-state index < -0.39 is 19.9 Å². The summed E-state index contributed by atoms with van der Waals surface area (Å²) in [6.45, 7) is 3.59. The van der Waals surface area contributed by atoms with E-state index in [1.54, 1.807) is 31.2 Å². The second-order valence-electron chi connectivity index (χ2n) is 7.69. The number of halogens is 1. The first kappa shape index (κ1) is 26.2. The standard InChI is InChI=1S/C24H26BrNO6S2/c1-16-5-8-19(9-6-16)33(27,28)20-10-7-17(2)24(14-20)34(29,30)26-12-11-18-13-22(31-3)23(32-4)15-21(18)25/h5-10,13-15,26H,11-12H2,1-4H3. The van der Waals surface area contributed by atoms with Crippen LogP contribution in [0.5, 0.6) is 11.5 Å². The van der Waals surface area contributed by atoms with Crippen molar-refractivity contribution in [2.24, 2.45) is 0 Å². The van der Waals surface area contributed by atoms with Gasteiger partial charge in [-0.2, -0.15) is 0 Å². The number of methoxy groups -OCH3 is 2. The van der Waals surface area contributed by atoms with Gasteiger partial charge in [-0.3, -0.25) is 0 Å². The summed E-state index contributed by atoms with van der Waals surface area (Å²) in [6.07, 6.45) is 0.376. The van der Waals surface area contributed by atoms with Crippen molar-refractivity contribution in [2.45, 2.75) is 35.0 Å². The van der Waals surface area contributed by atoms with Gasteiger partial charge in [-0.15, -0.1) is 0 Å². The highest BCUT2D eigenvalue weighted by molar-refractivity contribution is 9.10. The van der Waals surface area contributed by atoms with Gasteiger partial charge in [0.2, 0.25) is 19.9 Å². The average molecular weight is 569 g/mol. The molecule has 3 aromatic carbocycles. The molecule has 0 bridgehead atoms. The summed E-state index contributed by atoms with van der Waals surface area (Å²) >= 11 is 3.47. The van der Waals surface area contributed by atoms with Crippen molar-refractivity contribution in [1.82, 2.24) is 4.72 Å². The monoisotopic (exact) mass is 567 g/mol. The minimum atomic E-state index is -3.96. The number of ether oxygens (including phenoxy) is 2. The summed E-state index contributed by atoms with van der Waals surface area (Å²) in [4.78, 5) is -0.0476. The lowest BCUT2D eigenvalue weighted by Gasteiger charge is -2.14. The van der Waals surface area contributed by atoms with Gasteiger partial charge in [0.1, 0.15) is 0 Å². The lowest BCUT2D eigenvalue weighted by molar-refractivity contribution is 0.354. The van der Waals surface area contributed by atoms with Gasteiger partial charge in [-0.25, -0.2) is 21.6 Å². The van der Waals surface area contributed by atoms with E-state index in [1.807, 2.05) is 6.92 Å². The molecule has 3 aromatic rings. The maximum atomic E-state index is 13.0. The molecule has 10 heteroatoms. The molecule has 0 atom stereocenters. The van der Waals surface area contributed by atoms with Crippen LogP contribution in [0.2, 0.25) is 0 Å². The van der Waals surface area contributed by atoms with Crippen LogP contribution in [-0.4, -0.2) is 37.6 Å². The van der Waals surface area contributed by atoms with Crippen molar-refractivity contribution in [2.75, 3.05) is 20.8 Å². The Bertz CT molecular complexity index is 1400. The van der Waals surface area contributed by atoms with Crippen molar-refractivity contribution >= 4 is 35.8 Å². The fraction of sp³-hybridized carbons (Fsp3) is 0.250. The van der Waals surface area contributed by atoms with E-state index in [1.165, 1.54) is 44.6 Å². The number of benzene rings is 3. The molecule has 0 amide bonds. The molecule has 34 heavy (non-hydrogen) atoms. The summed E-state index contributed by atoms with van der Waals surface area (Å²) in [5.74, 6) is 1.09. The van der Waals surface area contributed by atoms with Crippen LogP contribution in [0.15, 0.2) is 73.8 Å². The Kier molecular flexibility index (Phi) is 8.07. The Morgan fingerprint density at radius 2 is 1.41 bits per heavy atom. The molecule has 0 saturated heterocycles. The van der Waals surface area contributed by atoms with Gasteiger partial charge in [-0.1, -0.05) is 39.7 Å². The molecule has 0 aliphatic carbocycles. The zero-order valence-corrected chi connectivity index (χ0v) is 22.5. The average Bonchev–Trinajstić information content (AvgIpc) is 2.80. The van der Waals surface area contributed by atoms with Crippen LogP contribution < -0.4 is 14.2 Å². The molecule has 0 saturated carbocycles. The fourth-order valence-electron chi connectivity index (χ4n) is 3.38. The van der Waals surface area contributed by atoms with E-state index in [0.29, 0.717) is 23.5 Å². The molecule has 0 heterocycles. The van der Waals surface area contributed by atoms with Crippen molar-refractivity contribution in [1.29, 1.82) is 0 Å². The normalized spacial score (nSPS) is 11.9. The van der Waals surface area contributed by atoms with Gasteiger partial charge in [0.05, 0.1) is 28.9 Å². The first-order chi connectivity index (χ1) is 16.0. The first-order valence-corrected chi connectivity index (χ1v) is 14.1. The van der Waals surface area contributed by atoms with Gasteiger partial charge in [0.25, 0.3) is 0 Å². The zero-order chi connectivity index (χ0) is 25.1. The van der Waals surface area contributed by atoms with E-state index in [2.05, 4.69) is 20.7 Å². The smallest absolute Gasteiger partial charge is 0.240 e. The summed E-state index contributed by atoms with van der Waals surface area (Å²) in [5, 5.41) is 0. The quantitative estimate of drug-likeness (QED) is 0.410. The van der Waals surface area contributed by atoms with Gasteiger partial charge in [0, 0.05) is 11.0 Å². The van der Waals surface area contributed by atoms with Gasteiger partial charge in [0.15, 0.2) is 11.5 Å². The number of hydrogen-bond acceptors (Lipinski definition) is 6. The molecule has 0 aliphatic heterocycles. The molecule has 182 valence electrons. The third kappa shape index (κ3) is 5.63. The van der Waals surface area contributed by atoms with E-state index in [4.69, 9.17) is 9.47 Å². The van der Waals surface area contributed by atoms with Crippen LogP contribution in [0.1, 0.15) is 16.7 Å². The van der Waals surface area contributed by atoms with E-state index >= 15 is 0 Å². The van der Waals surface area contributed by atoms with Crippen LogP contribution in [-0.2, 0) is 26.3 Å². The van der Waals surface area contributed by atoms with Gasteiger partial charge < -0.3 is 9.47 Å². The van der Waals surface area contributed by atoms with Crippen molar-refractivity contribution in [3.63, 3.8) is 0 Å². The predicted molar refractivity (Wildman–Crippen MR) is 134 cm³/mol. The number of sulfone groups is 1. The van der Waals surface area contributed by atoms with Crippen LogP contribution in [0, 0.1) is 13.8 Å². The van der Waals surface area contributed by atoms with Gasteiger partial charge >= 0.3 is 0 Å². The SMILES string of the molecule is COc1cc(Br)c(CCNS(=O)(=O)c2cc(S(=O)(=O)c3ccc(C)cc3)ccc2C)cc1OC. The highest BCUT2D eigenvalue weighted by Crippen LogP contribution is 2.33. The number of hydrogen-bond donors (Lipinski definition) is 1. The summed E-state index contributed by atoms with van der Waals surface area (Å²) in [5.41, 5.74) is 2.20. The topological polar surface area (TPSA) is 98.8 Å². The van der Waals surface area contributed by atoms with Crippen LogP contribution >= 0.6 is 15.9 Å². The van der Waals surface area contributed by atoms with Crippen LogP contribution in [0.25, 0.3) is 0 Å². The Morgan fingerprint density at radius 3 is 2.03 bits per heavy atom. The predicted octanol–water partition coefficient (Wildman–Crippen LogP) is 4.44. The third-order valence-electron chi connectivity index (χ3n) is 5.33. The number of rotatable bonds is 9. The van der Waals surface area contributed by atoms with Gasteiger partial charge in [-0.05, 0) is 67.8 Å². The molecule has 7 nitrogen and oxygen atoms in total. The summed E-state index contributed by atoms with van der Waals surface area (Å²) in [6, 6.07) is 14.1. The van der Waals surface area contributed by atoms with Crippen molar-refractivity contribution in [3.8, 4) is 11.5 Å². The Labute approximate surface area is 209 Å². The minimum Gasteiger partial charge on any atom is -0.493 e. The molecule has 3 rings (SSSR count). The molecular weight excluding hydrogens is 542 g/mol. The number of nitrogens with one attached hydrogen (secondary N) is 1. The highest BCUT2D eigenvalue weighted by atomic mass is 79.9. The maximum absolute atomic E-state index is 13.0. The zero-order valence-electron chi connectivity index (χ0n) is 19.3. The Hall–Kier alpha value is -2.40. The summed E-state index contributed by atoms with van der Waals surface area (Å²) in [7, 11) is -4.76. The number of sulfonamides is 1. The number of aryl methyl sites for hydroxylation is 2. The van der Waals surface area contributed by atoms with Crippen LogP contribution in [0.4, 0.5) is 0 Å². The largest absolute Gasteiger partial charge is 0.493 e. The minimum absolute atomic E-state index is 0.0768. The van der Waals surface area contributed by atoms with Crippen molar-refractivity contribution in [3.05, 3.63) is 75.8 Å². The van der Waals surface area contributed by atoms with Crippen LogP contribution in [0.3, 0.4) is 0 Å². The van der Waals surface area contributed by atoms with E-state index in [9.17, 15) is 16.8 Å². The molecule has 0 aliphatic rings. The van der Waals surface area contributed by atoms with Crippen molar-refractivity contribution < 1.29 is 26.3 Å². The van der Waals surface area contributed by atoms with E-state index in [0.717, 1.165) is 15.6 Å². The molecule has 1 N–H and O–H groups in total. The Morgan fingerprint density at radius 1 is 0.824 bits per heavy atom. The van der Waals surface area contributed by atoms with E-state index in [-0.39, 0.29) is 21.2 Å². The molecule has 0 spiro atoms. The highest BCUT2D eigenvalue weighted by Gasteiger charge is 2.23. The maximum Gasteiger partial charge on any atom is 0.240 e. The lowest BCUT2D eigenvalue weighted by atomic mass is 10.1. The second-order valence-corrected chi connectivity index (χ2v) is 12.2.